The van der Waals surface area contributed by atoms with E-state index in [0.717, 1.165) is 29.3 Å². The molecule has 1 atom stereocenters. The highest BCUT2D eigenvalue weighted by molar-refractivity contribution is 9.09. The minimum Gasteiger partial charge on any atom is -0.496 e. The van der Waals surface area contributed by atoms with E-state index in [0.29, 0.717) is 0 Å². The molecule has 0 spiro atoms. The van der Waals surface area contributed by atoms with E-state index >= 15 is 0 Å². The molecule has 96 valence electrons. The molecule has 1 unspecified atom stereocenters. The lowest BCUT2D eigenvalue weighted by atomic mass is 10.1. The number of alkyl halides is 1. The molecule has 0 bridgehead atoms. The number of halogens is 1. The zero-order chi connectivity index (χ0) is 13.1. The van der Waals surface area contributed by atoms with E-state index in [2.05, 4.69) is 35.0 Å². The lowest BCUT2D eigenvalue weighted by Gasteiger charge is -2.11. The highest BCUT2D eigenvalue weighted by Gasteiger charge is 2.15. The Morgan fingerprint density at radius 2 is 2.06 bits per heavy atom. The molecule has 0 radical (unpaired) electrons. The number of rotatable bonds is 4. The molecule has 0 saturated carbocycles. The lowest BCUT2D eigenvalue weighted by Crippen LogP contribution is -1.94. The zero-order valence-corrected chi connectivity index (χ0v) is 12.5. The summed E-state index contributed by atoms with van der Waals surface area (Å²) in [5, 5.41) is 0. The van der Waals surface area contributed by atoms with Gasteiger partial charge >= 0.3 is 0 Å². The summed E-state index contributed by atoms with van der Waals surface area (Å²) in [6.07, 6.45) is 0.918. The van der Waals surface area contributed by atoms with Gasteiger partial charge in [-0.1, -0.05) is 35.0 Å². The van der Waals surface area contributed by atoms with Gasteiger partial charge < -0.3 is 9.15 Å². The first-order chi connectivity index (χ1) is 8.65. The first kappa shape index (κ1) is 13.2. The second-order valence-electron chi connectivity index (χ2n) is 4.25. The molecular formula is C15H17BrO2. The normalized spacial score (nSPS) is 12.4. The van der Waals surface area contributed by atoms with Crippen molar-refractivity contribution in [3.05, 3.63) is 53.0 Å². The number of aryl methyl sites for hydroxylation is 2. The van der Waals surface area contributed by atoms with E-state index in [1.54, 1.807) is 7.11 Å². The van der Waals surface area contributed by atoms with E-state index in [1.165, 1.54) is 5.56 Å². The van der Waals surface area contributed by atoms with Gasteiger partial charge in [0.1, 0.15) is 17.3 Å². The van der Waals surface area contributed by atoms with E-state index in [-0.39, 0.29) is 4.83 Å². The monoisotopic (exact) mass is 308 g/mol. The van der Waals surface area contributed by atoms with Crippen molar-refractivity contribution < 1.29 is 9.15 Å². The van der Waals surface area contributed by atoms with Crippen LogP contribution < -0.4 is 4.74 Å². The van der Waals surface area contributed by atoms with Gasteiger partial charge in [0.2, 0.25) is 0 Å². The average molecular weight is 309 g/mol. The van der Waals surface area contributed by atoms with Crippen molar-refractivity contribution in [2.45, 2.75) is 25.1 Å². The van der Waals surface area contributed by atoms with Crippen molar-refractivity contribution in [3.8, 4) is 5.75 Å². The van der Waals surface area contributed by atoms with E-state index in [1.807, 2.05) is 25.1 Å². The maximum absolute atomic E-state index is 5.77. The summed E-state index contributed by atoms with van der Waals surface area (Å²) >= 11 is 3.68. The van der Waals surface area contributed by atoms with Gasteiger partial charge in [0.15, 0.2) is 0 Å². The predicted octanol–water partition coefficient (Wildman–Crippen LogP) is 4.64. The van der Waals surface area contributed by atoms with E-state index in [9.17, 15) is 0 Å². The van der Waals surface area contributed by atoms with Crippen LogP contribution in [-0.2, 0) is 6.42 Å². The molecule has 2 aromatic rings. The van der Waals surface area contributed by atoms with Crippen LogP contribution in [0.5, 0.6) is 5.75 Å². The van der Waals surface area contributed by atoms with Crippen LogP contribution in [0.3, 0.4) is 0 Å². The number of methoxy groups -OCH3 is 1. The van der Waals surface area contributed by atoms with Gasteiger partial charge in [0, 0.05) is 6.42 Å². The summed E-state index contributed by atoms with van der Waals surface area (Å²) in [4.78, 5) is 0.0856. The Bertz CT molecular complexity index is 531. The third-order valence-electron chi connectivity index (χ3n) is 2.99. The van der Waals surface area contributed by atoms with E-state index in [4.69, 9.17) is 9.15 Å². The predicted molar refractivity (Wildman–Crippen MR) is 76.6 cm³/mol. The zero-order valence-electron chi connectivity index (χ0n) is 10.9. The van der Waals surface area contributed by atoms with Crippen molar-refractivity contribution >= 4 is 15.9 Å². The quantitative estimate of drug-likeness (QED) is 0.768. The van der Waals surface area contributed by atoms with Crippen molar-refractivity contribution in [1.29, 1.82) is 0 Å². The molecule has 0 saturated heterocycles. The first-order valence-corrected chi connectivity index (χ1v) is 6.94. The average Bonchev–Trinajstić information content (AvgIpc) is 2.86. The Morgan fingerprint density at radius 3 is 2.61 bits per heavy atom. The molecule has 1 heterocycles. The highest BCUT2D eigenvalue weighted by Crippen LogP contribution is 2.34. The van der Waals surface area contributed by atoms with Crippen LogP contribution in [0.1, 0.15) is 34.4 Å². The van der Waals surface area contributed by atoms with Gasteiger partial charge in [-0.05, 0) is 36.2 Å². The van der Waals surface area contributed by atoms with Gasteiger partial charge in [-0.3, -0.25) is 0 Å². The smallest absolute Gasteiger partial charge is 0.122 e. The van der Waals surface area contributed by atoms with Crippen LogP contribution >= 0.6 is 15.9 Å². The molecule has 1 aromatic carbocycles. The minimum absolute atomic E-state index is 0.0856. The number of ether oxygens (including phenoxy) is 1. The Morgan fingerprint density at radius 1 is 1.28 bits per heavy atom. The van der Waals surface area contributed by atoms with Crippen molar-refractivity contribution in [2.75, 3.05) is 7.11 Å². The Hall–Kier alpha value is -1.22. The van der Waals surface area contributed by atoms with Crippen LogP contribution in [0.15, 0.2) is 34.7 Å². The second kappa shape index (κ2) is 5.61. The third-order valence-corrected chi connectivity index (χ3v) is 3.97. The number of hydrogen-bond donors (Lipinski definition) is 0. The van der Waals surface area contributed by atoms with Crippen molar-refractivity contribution in [1.82, 2.24) is 0 Å². The van der Waals surface area contributed by atoms with Crippen molar-refractivity contribution in [3.63, 3.8) is 0 Å². The number of benzene rings is 1. The molecular weight excluding hydrogens is 292 g/mol. The largest absolute Gasteiger partial charge is 0.496 e. The second-order valence-corrected chi connectivity index (χ2v) is 5.16. The van der Waals surface area contributed by atoms with Gasteiger partial charge in [-0.15, -0.1) is 0 Å². The Balaban J connectivity index is 2.27. The molecule has 0 N–H and O–H groups in total. The molecule has 0 aliphatic rings. The molecule has 0 aliphatic heterocycles. The summed E-state index contributed by atoms with van der Waals surface area (Å²) in [6, 6.07) is 10.2. The third kappa shape index (κ3) is 2.61. The Labute approximate surface area is 116 Å². The summed E-state index contributed by atoms with van der Waals surface area (Å²) in [5.74, 6) is 2.86. The maximum atomic E-state index is 5.77. The van der Waals surface area contributed by atoms with Gasteiger partial charge in [0.05, 0.1) is 11.9 Å². The van der Waals surface area contributed by atoms with E-state index < -0.39 is 0 Å². The number of hydrogen-bond acceptors (Lipinski definition) is 2. The number of furan rings is 1. The van der Waals surface area contributed by atoms with Crippen LogP contribution in [-0.4, -0.2) is 7.11 Å². The molecule has 1 aromatic heterocycles. The maximum Gasteiger partial charge on any atom is 0.122 e. The molecule has 2 nitrogen and oxygen atoms in total. The van der Waals surface area contributed by atoms with Crippen LogP contribution in [0, 0.1) is 6.92 Å². The highest BCUT2D eigenvalue weighted by atomic mass is 79.9. The van der Waals surface area contributed by atoms with Gasteiger partial charge in [0.25, 0.3) is 0 Å². The summed E-state index contributed by atoms with van der Waals surface area (Å²) < 4.78 is 11.0. The summed E-state index contributed by atoms with van der Waals surface area (Å²) in [5.41, 5.74) is 2.30. The summed E-state index contributed by atoms with van der Waals surface area (Å²) in [6.45, 7) is 4.13. The van der Waals surface area contributed by atoms with Crippen LogP contribution in [0.4, 0.5) is 0 Å². The fourth-order valence-corrected chi connectivity index (χ4v) is 2.48. The minimum atomic E-state index is 0.0856. The molecule has 0 amide bonds. The Kier molecular flexibility index (Phi) is 4.12. The fraction of sp³-hybridized carbons (Fsp3) is 0.333. The molecule has 2 rings (SSSR count). The first-order valence-electron chi connectivity index (χ1n) is 6.03. The molecule has 3 heteroatoms. The SMILES string of the molecule is CCc1ccc(C(Br)c2ccc(OC)c(C)c2)o1. The molecule has 0 fully saturated rings. The topological polar surface area (TPSA) is 22.4 Å². The molecule has 18 heavy (non-hydrogen) atoms. The lowest BCUT2D eigenvalue weighted by molar-refractivity contribution is 0.411. The summed E-state index contributed by atoms with van der Waals surface area (Å²) in [7, 11) is 1.69. The van der Waals surface area contributed by atoms with Crippen LogP contribution in [0.25, 0.3) is 0 Å². The molecule has 0 aliphatic carbocycles. The van der Waals surface area contributed by atoms with Crippen LogP contribution in [0.2, 0.25) is 0 Å². The fourth-order valence-electron chi connectivity index (χ4n) is 1.94. The standard InChI is InChI=1S/C15H17BrO2/c1-4-12-6-8-14(18-12)15(16)11-5-7-13(17-3)10(2)9-11/h5-9,15H,4H2,1-3H3. The van der Waals surface area contributed by atoms with Crippen molar-refractivity contribution in [2.24, 2.45) is 0 Å². The van der Waals surface area contributed by atoms with Gasteiger partial charge in [-0.25, -0.2) is 0 Å². The van der Waals surface area contributed by atoms with Gasteiger partial charge in [-0.2, -0.15) is 0 Å².